The quantitative estimate of drug-likeness (QED) is 0.785. The summed E-state index contributed by atoms with van der Waals surface area (Å²) in [6.45, 7) is 2.70. The lowest BCUT2D eigenvalue weighted by Gasteiger charge is -2.17. The van der Waals surface area contributed by atoms with Crippen molar-refractivity contribution in [2.24, 2.45) is 0 Å². The molecule has 0 radical (unpaired) electrons. The van der Waals surface area contributed by atoms with E-state index in [1.165, 1.54) is 5.56 Å². The van der Waals surface area contributed by atoms with Crippen molar-refractivity contribution in [3.8, 4) is 17.0 Å². The third-order valence-electron chi connectivity index (χ3n) is 4.95. The number of nitrogens with one attached hydrogen (secondary N) is 1. The summed E-state index contributed by atoms with van der Waals surface area (Å²) in [6, 6.07) is 15.9. The zero-order valence-electron chi connectivity index (χ0n) is 15.0. The summed E-state index contributed by atoms with van der Waals surface area (Å²) < 4.78 is 5.22. The number of benzene rings is 2. The lowest BCUT2D eigenvalue weighted by molar-refractivity contribution is -0.117. The van der Waals surface area contributed by atoms with Crippen LogP contribution in [0, 0.1) is 6.92 Å². The van der Waals surface area contributed by atoms with E-state index in [4.69, 9.17) is 4.74 Å². The maximum absolute atomic E-state index is 13.0. The van der Waals surface area contributed by atoms with Gasteiger partial charge in [-0.3, -0.25) is 9.89 Å². The third kappa shape index (κ3) is 2.86. The van der Waals surface area contributed by atoms with E-state index in [1.54, 1.807) is 7.11 Å². The van der Waals surface area contributed by atoms with Crippen LogP contribution in [0.4, 0.5) is 5.69 Å². The average Bonchev–Trinajstić information content (AvgIpc) is 3.26. The number of carbonyl (C=O) groups excluding carboxylic acids is 1. The van der Waals surface area contributed by atoms with E-state index in [9.17, 15) is 4.79 Å². The second-order valence-electron chi connectivity index (χ2n) is 6.51. The predicted molar refractivity (Wildman–Crippen MR) is 102 cm³/mol. The van der Waals surface area contributed by atoms with Crippen LogP contribution < -0.4 is 9.64 Å². The van der Waals surface area contributed by atoms with Gasteiger partial charge in [0.25, 0.3) is 0 Å². The fraction of sp³-hybridized carbons (Fsp3) is 0.238. The van der Waals surface area contributed by atoms with Gasteiger partial charge in [-0.25, -0.2) is 0 Å². The minimum atomic E-state index is 0.106. The number of aromatic nitrogens is 2. The molecular formula is C21H21N3O2. The van der Waals surface area contributed by atoms with Gasteiger partial charge in [-0.1, -0.05) is 18.2 Å². The smallest absolute Gasteiger partial charge is 0.231 e. The van der Waals surface area contributed by atoms with Crippen LogP contribution in [0.1, 0.15) is 16.8 Å². The molecule has 26 heavy (non-hydrogen) atoms. The monoisotopic (exact) mass is 347 g/mol. The first-order chi connectivity index (χ1) is 12.7. The molecule has 4 rings (SSSR count). The van der Waals surface area contributed by atoms with E-state index < -0.39 is 0 Å². The number of aryl methyl sites for hydroxylation is 1. The van der Waals surface area contributed by atoms with Crippen LogP contribution in [0.15, 0.2) is 48.5 Å². The van der Waals surface area contributed by atoms with E-state index >= 15 is 0 Å². The number of amides is 1. The lowest BCUT2D eigenvalue weighted by Crippen LogP contribution is -2.30. The fourth-order valence-electron chi connectivity index (χ4n) is 3.50. The van der Waals surface area contributed by atoms with E-state index in [2.05, 4.69) is 16.3 Å². The highest BCUT2D eigenvalue weighted by Gasteiger charge is 2.26. The molecule has 0 saturated carbocycles. The van der Waals surface area contributed by atoms with Crippen molar-refractivity contribution in [3.63, 3.8) is 0 Å². The summed E-state index contributed by atoms with van der Waals surface area (Å²) >= 11 is 0. The molecule has 1 N–H and O–H groups in total. The number of rotatable bonds is 4. The molecule has 5 nitrogen and oxygen atoms in total. The number of carbonyl (C=O) groups is 1. The molecular weight excluding hydrogens is 326 g/mol. The highest BCUT2D eigenvalue weighted by Crippen LogP contribution is 2.30. The van der Waals surface area contributed by atoms with Crippen LogP contribution in [-0.2, 0) is 17.6 Å². The minimum absolute atomic E-state index is 0.106. The van der Waals surface area contributed by atoms with Crippen molar-refractivity contribution >= 4 is 11.6 Å². The van der Waals surface area contributed by atoms with E-state index in [0.29, 0.717) is 6.42 Å². The molecule has 132 valence electrons. The van der Waals surface area contributed by atoms with Crippen LogP contribution in [0.2, 0.25) is 0 Å². The van der Waals surface area contributed by atoms with Gasteiger partial charge in [-0.2, -0.15) is 5.10 Å². The topological polar surface area (TPSA) is 58.2 Å². The Bertz CT molecular complexity index is 944. The number of anilines is 1. The summed E-state index contributed by atoms with van der Waals surface area (Å²) in [7, 11) is 1.64. The largest absolute Gasteiger partial charge is 0.497 e. The number of H-pyrrole nitrogens is 1. The van der Waals surface area contributed by atoms with Gasteiger partial charge in [-0.15, -0.1) is 0 Å². The standard InChI is InChI=1S/C21H21N3O2/c1-14-18(21(23-22-14)16-7-9-17(26-2)10-8-16)13-20(25)24-12-11-15-5-3-4-6-19(15)24/h3-10H,11-13H2,1-2H3,(H,22,23). The highest BCUT2D eigenvalue weighted by molar-refractivity contribution is 5.97. The summed E-state index contributed by atoms with van der Waals surface area (Å²) in [5.41, 5.74) is 5.94. The molecule has 0 unspecified atom stereocenters. The minimum Gasteiger partial charge on any atom is -0.497 e. The van der Waals surface area contributed by atoms with Crippen molar-refractivity contribution in [2.75, 3.05) is 18.6 Å². The van der Waals surface area contributed by atoms with Crippen LogP contribution >= 0.6 is 0 Å². The first-order valence-corrected chi connectivity index (χ1v) is 8.74. The SMILES string of the molecule is COc1ccc(-c2n[nH]c(C)c2CC(=O)N2CCc3ccccc32)cc1. The number of ether oxygens (including phenoxy) is 1. The number of methoxy groups -OCH3 is 1. The van der Waals surface area contributed by atoms with Crippen LogP contribution in [0.3, 0.4) is 0 Å². The molecule has 1 aliphatic rings. The molecule has 1 aromatic heterocycles. The molecule has 0 spiro atoms. The number of fused-ring (bicyclic) bond motifs is 1. The molecule has 0 aliphatic carbocycles. The maximum Gasteiger partial charge on any atom is 0.231 e. The molecule has 0 bridgehead atoms. The Balaban J connectivity index is 1.61. The zero-order valence-corrected chi connectivity index (χ0v) is 15.0. The molecule has 1 aliphatic heterocycles. The number of aromatic amines is 1. The Hall–Kier alpha value is -3.08. The van der Waals surface area contributed by atoms with Gasteiger partial charge in [0, 0.05) is 29.1 Å². The first kappa shape index (κ1) is 16.4. The van der Waals surface area contributed by atoms with Gasteiger partial charge >= 0.3 is 0 Å². The Morgan fingerprint density at radius 3 is 2.73 bits per heavy atom. The Morgan fingerprint density at radius 1 is 1.19 bits per heavy atom. The van der Waals surface area contributed by atoms with Crippen molar-refractivity contribution in [3.05, 3.63) is 65.4 Å². The first-order valence-electron chi connectivity index (χ1n) is 8.74. The van der Waals surface area contributed by atoms with Crippen molar-refractivity contribution in [1.29, 1.82) is 0 Å². The normalized spacial score (nSPS) is 12.9. The van der Waals surface area contributed by atoms with Gasteiger partial charge < -0.3 is 9.64 Å². The number of nitrogens with zero attached hydrogens (tertiary/aromatic N) is 2. The van der Waals surface area contributed by atoms with Crippen molar-refractivity contribution in [2.45, 2.75) is 19.8 Å². The number of hydrogen-bond acceptors (Lipinski definition) is 3. The number of para-hydroxylation sites is 1. The molecule has 2 aromatic carbocycles. The maximum atomic E-state index is 13.0. The number of hydrogen-bond donors (Lipinski definition) is 1. The molecule has 0 atom stereocenters. The van der Waals surface area contributed by atoms with E-state index in [1.807, 2.05) is 54.3 Å². The van der Waals surface area contributed by atoms with E-state index in [-0.39, 0.29) is 5.91 Å². The Kier molecular flexibility index (Phi) is 4.21. The van der Waals surface area contributed by atoms with Crippen LogP contribution in [-0.4, -0.2) is 29.8 Å². The van der Waals surface area contributed by atoms with E-state index in [0.717, 1.165) is 46.9 Å². The van der Waals surface area contributed by atoms with Crippen molar-refractivity contribution in [1.82, 2.24) is 10.2 Å². The van der Waals surface area contributed by atoms with Crippen LogP contribution in [0.5, 0.6) is 5.75 Å². The Labute approximate surface area is 152 Å². The summed E-state index contributed by atoms with van der Waals surface area (Å²) in [4.78, 5) is 14.9. The molecule has 0 fully saturated rings. The lowest BCUT2D eigenvalue weighted by atomic mass is 10.0. The Morgan fingerprint density at radius 2 is 1.96 bits per heavy atom. The van der Waals surface area contributed by atoms with Gasteiger partial charge in [0.1, 0.15) is 5.75 Å². The highest BCUT2D eigenvalue weighted by atomic mass is 16.5. The summed E-state index contributed by atoms with van der Waals surface area (Å²) in [6.07, 6.45) is 1.25. The fourth-order valence-corrected chi connectivity index (χ4v) is 3.50. The second-order valence-corrected chi connectivity index (χ2v) is 6.51. The van der Waals surface area contributed by atoms with Gasteiger partial charge in [0.05, 0.1) is 19.2 Å². The molecule has 5 heteroatoms. The van der Waals surface area contributed by atoms with Crippen molar-refractivity contribution < 1.29 is 9.53 Å². The summed E-state index contributed by atoms with van der Waals surface area (Å²) in [5, 5.41) is 7.46. The predicted octanol–water partition coefficient (Wildman–Crippen LogP) is 3.53. The molecule has 0 saturated heterocycles. The zero-order chi connectivity index (χ0) is 18.1. The molecule has 1 amide bonds. The van der Waals surface area contributed by atoms with Gasteiger partial charge in [-0.05, 0) is 49.2 Å². The third-order valence-corrected chi connectivity index (χ3v) is 4.95. The van der Waals surface area contributed by atoms with Gasteiger partial charge in [0.2, 0.25) is 5.91 Å². The van der Waals surface area contributed by atoms with Gasteiger partial charge in [0.15, 0.2) is 0 Å². The molecule has 3 aromatic rings. The average molecular weight is 347 g/mol. The second kappa shape index (κ2) is 6.67. The van der Waals surface area contributed by atoms with Crippen LogP contribution in [0.25, 0.3) is 11.3 Å². The summed E-state index contributed by atoms with van der Waals surface area (Å²) in [5.74, 6) is 0.904. The molecule has 2 heterocycles.